The minimum atomic E-state index is -0.489. The summed E-state index contributed by atoms with van der Waals surface area (Å²) in [5.74, 6) is 0.736. The van der Waals surface area contributed by atoms with Crippen molar-refractivity contribution < 1.29 is 9.84 Å². The van der Waals surface area contributed by atoms with E-state index in [1.54, 1.807) is 7.11 Å². The summed E-state index contributed by atoms with van der Waals surface area (Å²) >= 11 is 0. The molecule has 0 fully saturated rings. The van der Waals surface area contributed by atoms with Gasteiger partial charge in [0.2, 0.25) is 0 Å². The normalized spacial score (nSPS) is 12.3. The quantitative estimate of drug-likeness (QED) is 0.736. The van der Waals surface area contributed by atoms with Crippen LogP contribution in [0.4, 0.5) is 0 Å². The summed E-state index contributed by atoms with van der Waals surface area (Å²) in [6.07, 6.45) is 0.181. The molecule has 0 saturated carbocycles. The number of ether oxygens (including phenoxy) is 1. The van der Waals surface area contributed by atoms with Gasteiger partial charge in [0.1, 0.15) is 5.75 Å². The first-order valence-electron chi connectivity index (χ1n) is 7.58. The minimum Gasteiger partial charge on any atom is -0.496 e. The van der Waals surface area contributed by atoms with E-state index in [0.717, 1.165) is 16.9 Å². The van der Waals surface area contributed by atoms with E-state index in [1.807, 2.05) is 25.1 Å². The predicted molar refractivity (Wildman–Crippen MR) is 91.2 cm³/mol. The molecule has 3 rings (SSSR count). The number of rotatable bonds is 4. The molecule has 3 aromatic rings. The Hall–Kier alpha value is -2.32. The van der Waals surface area contributed by atoms with Gasteiger partial charge in [0.05, 0.1) is 13.2 Å². The zero-order valence-electron chi connectivity index (χ0n) is 12.9. The van der Waals surface area contributed by atoms with Crippen molar-refractivity contribution >= 4 is 10.8 Å². The summed E-state index contributed by atoms with van der Waals surface area (Å²) < 4.78 is 5.48. The van der Waals surface area contributed by atoms with E-state index >= 15 is 0 Å². The van der Waals surface area contributed by atoms with Crippen LogP contribution in [0.3, 0.4) is 0 Å². The number of aliphatic hydroxyl groups is 1. The fourth-order valence-corrected chi connectivity index (χ4v) is 2.85. The van der Waals surface area contributed by atoms with Gasteiger partial charge in [0, 0.05) is 5.56 Å². The third-order valence-corrected chi connectivity index (χ3v) is 4.08. The molecule has 0 amide bonds. The lowest BCUT2D eigenvalue weighted by Gasteiger charge is -2.15. The van der Waals surface area contributed by atoms with Gasteiger partial charge in [-0.2, -0.15) is 0 Å². The smallest absolute Gasteiger partial charge is 0.125 e. The first kappa shape index (κ1) is 14.6. The monoisotopic (exact) mass is 292 g/mol. The Morgan fingerprint density at radius 2 is 1.77 bits per heavy atom. The molecule has 0 radical (unpaired) electrons. The first-order valence-corrected chi connectivity index (χ1v) is 7.58. The molecule has 0 bridgehead atoms. The van der Waals surface area contributed by atoms with Crippen molar-refractivity contribution in [1.82, 2.24) is 0 Å². The van der Waals surface area contributed by atoms with Crippen molar-refractivity contribution in [2.75, 3.05) is 7.11 Å². The van der Waals surface area contributed by atoms with Crippen molar-refractivity contribution in [3.05, 3.63) is 66.2 Å². The minimum absolute atomic E-state index is 0.489. The molecule has 1 atom stereocenters. The fourth-order valence-electron chi connectivity index (χ4n) is 2.85. The van der Waals surface area contributed by atoms with Crippen LogP contribution in [0, 0.1) is 0 Å². The van der Waals surface area contributed by atoms with Crippen LogP contribution in [-0.2, 0) is 0 Å². The van der Waals surface area contributed by atoms with E-state index < -0.39 is 6.10 Å². The molecule has 22 heavy (non-hydrogen) atoms. The molecule has 112 valence electrons. The highest BCUT2D eigenvalue weighted by atomic mass is 16.5. The lowest BCUT2D eigenvalue weighted by molar-refractivity contribution is 0.169. The maximum atomic E-state index is 10.1. The zero-order chi connectivity index (χ0) is 15.5. The second kappa shape index (κ2) is 6.20. The Balaban J connectivity index is 2.15. The number of hydrogen-bond acceptors (Lipinski definition) is 2. The van der Waals surface area contributed by atoms with Crippen molar-refractivity contribution in [3.63, 3.8) is 0 Å². The molecule has 2 nitrogen and oxygen atoms in total. The van der Waals surface area contributed by atoms with Gasteiger partial charge in [-0.05, 0) is 34.4 Å². The van der Waals surface area contributed by atoms with E-state index in [0.29, 0.717) is 6.42 Å². The molecule has 2 heteroatoms. The van der Waals surface area contributed by atoms with Gasteiger partial charge < -0.3 is 9.84 Å². The second-order valence-electron chi connectivity index (χ2n) is 5.41. The van der Waals surface area contributed by atoms with Crippen molar-refractivity contribution in [2.24, 2.45) is 0 Å². The summed E-state index contributed by atoms with van der Waals surface area (Å²) in [7, 11) is 1.65. The molecule has 0 spiro atoms. The summed E-state index contributed by atoms with van der Waals surface area (Å²) in [6.45, 7) is 1.96. The molecule has 0 aliphatic heterocycles. The van der Waals surface area contributed by atoms with E-state index in [2.05, 4.69) is 42.5 Å². The molecule has 0 saturated heterocycles. The third-order valence-electron chi connectivity index (χ3n) is 4.08. The molecule has 1 N–H and O–H groups in total. The predicted octanol–water partition coefficient (Wildman–Crippen LogP) is 4.96. The molecule has 0 aromatic heterocycles. The second-order valence-corrected chi connectivity index (χ2v) is 5.41. The van der Waals surface area contributed by atoms with Crippen LogP contribution in [0.15, 0.2) is 60.7 Å². The molecule has 0 heterocycles. The summed E-state index contributed by atoms with van der Waals surface area (Å²) in [4.78, 5) is 0. The van der Waals surface area contributed by atoms with Crippen LogP contribution in [-0.4, -0.2) is 12.2 Å². The van der Waals surface area contributed by atoms with E-state index in [9.17, 15) is 5.11 Å². The van der Waals surface area contributed by atoms with E-state index in [1.165, 1.54) is 16.3 Å². The van der Waals surface area contributed by atoms with Gasteiger partial charge in [-0.1, -0.05) is 61.5 Å². The van der Waals surface area contributed by atoms with Crippen molar-refractivity contribution in [2.45, 2.75) is 19.4 Å². The number of fused-ring (bicyclic) bond motifs is 1. The van der Waals surface area contributed by atoms with Gasteiger partial charge in [-0.25, -0.2) is 0 Å². The SMILES string of the molecule is CC[C@H](O)c1ccc(-c2cccc3ccccc23)cc1OC. The summed E-state index contributed by atoms with van der Waals surface area (Å²) in [5, 5.41) is 12.5. The van der Waals surface area contributed by atoms with Crippen molar-refractivity contribution in [3.8, 4) is 16.9 Å². The Morgan fingerprint density at radius 3 is 2.55 bits per heavy atom. The molecule has 0 aliphatic carbocycles. The highest BCUT2D eigenvalue weighted by molar-refractivity contribution is 5.96. The van der Waals surface area contributed by atoms with Gasteiger partial charge in [-0.3, -0.25) is 0 Å². The van der Waals surface area contributed by atoms with Gasteiger partial charge >= 0.3 is 0 Å². The highest BCUT2D eigenvalue weighted by Gasteiger charge is 2.13. The lowest BCUT2D eigenvalue weighted by atomic mass is 9.96. The number of methoxy groups -OCH3 is 1. The van der Waals surface area contributed by atoms with E-state index in [4.69, 9.17) is 4.74 Å². The summed E-state index contributed by atoms with van der Waals surface area (Å²) in [6, 6.07) is 20.7. The molecule has 0 unspecified atom stereocenters. The Labute approximate surface area is 131 Å². The molecular weight excluding hydrogens is 272 g/mol. The zero-order valence-corrected chi connectivity index (χ0v) is 12.9. The number of aliphatic hydroxyl groups excluding tert-OH is 1. The molecule has 3 aromatic carbocycles. The Kier molecular flexibility index (Phi) is 4.12. The Morgan fingerprint density at radius 1 is 1.00 bits per heavy atom. The maximum absolute atomic E-state index is 10.1. The van der Waals surface area contributed by atoms with Gasteiger partial charge in [-0.15, -0.1) is 0 Å². The van der Waals surface area contributed by atoms with Crippen LogP contribution >= 0.6 is 0 Å². The number of benzene rings is 3. The fraction of sp³-hybridized carbons (Fsp3) is 0.200. The topological polar surface area (TPSA) is 29.5 Å². The van der Waals surface area contributed by atoms with Crippen LogP contribution in [0.25, 0.3) is 21.9 Å². The maximum Gasteiger partial charge on any atom is 0.125 e. The standard InChI is InChI=1S/C20H20O2/c1-3-19(21)18-12-11-15(13-20(18)22-2)17-10-6-8-14-7-4-5-9-16(14)17/h4-13,19,21H,3H2,1-2H3/t19-/m0/s1. The summed E-state index contributed by atoms with van der Waals surface area (Å²) in [5.41, 5.74) is 3.11. The van der Waals surface area contributed by atoms with Crippen molar-refractivity contribution in [1.29, 1.82) is 0 Å². The average Bonchev–Trinajstić information content (AvgIpc) is 2.60. The molecule has 0 aliphatic rings. The van der Waals surface area contributed by atoms with Crippen LogP contribution in [0.1, 0.15) is 25.0 Å². The van der Waals surface area contributed by atoms with Gasteiger partial charge in [0.15, 0.2) is 0 Å². The largest absolute Gasteiger partial charge is 0.496 e. The number of hydrogen-bond donors (Lipinski definition) is 1. The van der Waals surface area contributed by atoms with Gasteiger partial charge in [0.25, 0.3) is 0 Å². The Bertz CT molecular complexity index is 787. The lowest BCUT2D eigenvalue weighted by Crippen LogP contribution is -1.99. The van der Waals surface area contributed by atoms with Crippen LogP contribution in [0.2, 0.25) is 0 Å². The third kappa shape index (κ3) is 2.58. The molecular formula is C20H20O2. The average molecular weight is 292 g/mol. The first-order chi connectivity index (χ1) is 10.7. The van der Waals surface area contributed by atoms with Crippen LogP contribution < -0.4 is 4.74 Å². The highest BCUT2D eigenvalue weighted by Crippen LogP contribution is 2.34. The van der Waals surface area contributed by atoms with E-state index in [-0.39, 0.29) is 0 Å². The van der Waals surface area contributed by atoms with Crippen LogP contribution in [0.5, 0.6) is 5.75 Å².